The maximum atomic E-state index is 9.30. The summed E-state index contributed by atoms with van der Waals surface area (Å²) in [7, 11) is 0. The maximum absolute atomic E-state index is 9.30. The van der Waals surface area contributed by atoms with E-state index in [9.17, 15) is 5.11 Å². The summed E-state index contributed by atoms with van der Waals surface area (Å²) in [6, 6.07) is 15.1. The topological polar surface area (TPSA) is 32.3 Å². The first-order valence-corrected chi connectivity index (χ1v) is 7.03. The van der Waals surface area contributed by atoms with Crippen molar-refractivity contribution < 1.29 is 5.11 Å². The van der Waals surface area contributed by atoms with E-state index in [1.165, 1.54) is 16.3 Å². The third kappa shape index (κ3) is 3.55. The van der Waals surface area contributed by atoms with E-state index in [1.54, 1.807) is 0 Å². The molecule has 19 heavy (non-hydrogen) atoms. The van der Waals surface area contributed by atoms with E-state index in [0.717, 1.165) is 13.0 Å². The first-order valence-electron chi connectivity index (χ1n) is 7.03. The molecule has 0 fully saturated rings. The molecule has 2 nitrogen and oxygen atoms in total. The van der Waals surface area contributed by atoms with Crippen molar-refractivity contribution in [3.8, 4) is 0 Å². The Hall–Kier alpha value is -1.38. The lowest BCUT2D eigenvalue weighted by atomic mass is 10.0. The van der Waals surface area contributed by atoms with Gasteiger partial charge in [-0.05, 0) is 35.2 Å². The van der Waals surface area contributed by atoms with Crippen LogP contribution in [0.3, 0.4) is 0 Å². The standard InChI is InChI=1S/C17H23NO/c1-13(2)17(12-19)18-11-10-15-8-5-7-14-6-3-4-9-16(14)15/h3-9,13,17-19H,10-12H2,1-2H3. The quantitative estimate of drug-likeness (QED) is 0.834. The number of nitrogens with one attached hydrogen (secondary N) is 1. The Labute approximate surface area is 115 Å². The third-order valence-electron chi connectivity index (χ3n) is 3.68. The molecular formula is C17H23NO. The molecule has 2 aromatic carbocycles. The van der Waals surface area contributed by atoms with Gasteiger partial charge in [-0.25, -0.2) is 0 Å². The van der Waals surface area contributed by atoms with E-state index in [4.69, 9.17) is 0 Å². The van der Waals surface area contributed by atoms with E-state index in [-0.39, 0.29) is 12.6 Å². The van der Waals surface area contributed by atoms with Crippen LogP contribution in [-0.2, 0) is 6.42 Å². The molecule has 2 rings (SSSR count). The fourth-order valence-corrected chi connectivity index (χ4v) is 2.41. The van der Waals surface area contributed by atoms with E-state index < -0.39 is 0 Å². The molecule has 0 aromatic heterocycles. The van der Waals surface area contributed by atoms with Crippen molar-refractivity contribution in [2.24, 2.45) is 5.92 Å². The molecule has 1 unspecified atom stereocenters. The Bertz CT molecular complexity index is 516. The summed E-state index contributed by atoms with van der Waals surface area (Å²) in [6.07, 6.45) is 0.991. The largest absolute Gasteiger partial charge is 0.395 e. The number of rotatable bonds is 6. The molecule has 0 saturated heterocycles. The van der Waals surface area contributed by atoms with Crippen LogP contribution in [0, 0.1) is 5.92 Å². The second-order valence-corrected chi connectivity index (χ2v) is 5.38. The van der Waals surface area contributed by atoms with Crippen molar-refractivity contribution in [3.63, 3.8) is 0 Å². The van der Waals surface area contributed by atoms with E-state index in [2.05, 4.69) is 61.6 Å². The van der Waals surface area contributed by atoms with Crippen molar-refractivity contribution in [2.45, 2.75) is 26.3 Å². The van der Waals surface area contributed by atoms with E-state index in [0.29, 0.717) is 5.92 Å². The zero-order chi connectivity index (χ0) is 13.7. The maximum Gasteiger partial charge on any atom is 0.0587 e. The van der Waals surface area contributed by atoms with Crippen molar-refractivity contribution in [1.29, 1.82) is 0 Å². The lowest BCUT2D eigenvalue weighted by Crippen LogP contribution is -2.38. The van der Waals surface area contributed by atoms with Gasteiger partial charge in [-0.1, -0.05) is 56.3 Å². The molecule has 0 aliphatic heterocycles. The summed E-state index contributed by atoms with van der Waals surface area (Å²) in [5.74, 6) is 0.456. The van der Waals surface area contributed by atoms with Gasteiger partial charge in [0.1, 0.15) is 0 Å². The van der Waals surface area contributed by atoms with Crippen LogP contribution in [0.15, 0.2) is 42.5 Å². The Kier molecular flexibility index (Phi) is 4.94. The number of aliphatic hydroxyl groups is 1. The summed E-state index contributed by atoms with van der Waals surface area (Å²) in [4.78, 5) is 0. The smallest absolute Gasteiger partial charge is 0.0587 e. The van der Waals surface area contributed by atoms with Crippen molar-refractivity contribution in [2.75, 3.05) is 13.2 Å². The number of benzene rings is 2. The van der Waals surface area contributed by atoms with Crippen LogP contribution in [0.4, 0.5) is 0 Å². The van der Waals surface area contributed by atoms with Crippen molar-refractivity contribution in [1.82, 2.24) is 5.32 Å². The van der Waals surface area contributed by atoms with Gasteiger partial charge >= 0.3 is 0 Å². The van der Waals surface area contributed by atoms with Crippen LogP contribution in [0.25, 0.3) is 10.8 Å². The Morgan fingerprint density at radius 1 is 1.05 bits per heavy atom. The molecule has 2 aromatic rings. The molecule has 0 bridgehead atoms. The van der Waals surface area contributed by atoms with Crippen molar-refractivity contribution >= 4 is 10.8 Å². The van der Waals surface area contributed by atoms with Crippen LogP contribution < -0.4 is 5.32 Å². The summed E-state index contributed by atoms with van der Waals surface area (Å²) < 4.78 is 0. The molecule has 0 radical (unpaired) electrons. The average molecular weight is 257 g/mol. The summed E-state index contributed by atoms with van der Waals surface area (Å²) >= 11 is 0. The number of hydrogen-bond donors (Lipinski definition) is 2. The van der Waals surface area contributed by atoms with Gasteiger partial charge in [-0.2, -0.15) is 0 Å². The number of hydrogen-bond acceptors (Lipinski definition) is 2. The van der Waals surface area contributed by atoms with Crippen LogP contribution in [0.2, 0.25) is 0 Å². The second-order valence-electron chi connectivity index (χ2n) is 5.38. The minimum atomic E-state index is 0.190. The summed E-state index contributed by atoms with van der Waals surface area (Å²) in [5, 5.41) is 15.4. The average Bonchev–Trinajstić information content (AvgIpc) is 2.43. The van der Waals surface area contributed by atoms with Gasteiger partial charge in [-0.15, -0.1) is 0 Å². The highest BCUT2D eigenvalue weighted by atomic mass is 16.3. The highest BCUT2D eigenvalue weighted by Gasteiger charge is 2.10. The zero-order valence-corrected chi connectivity index (χ0v) is 11.8. The van der Waals surface area contributed by atoms with Gasteiger partial charge in [0, 0.05) is 6.04 Å². The van der Waals surface area contributed by atoms with Crippen molar-refractivity contribution in [3.05, 3.63) is 48.0 Å². The molecule has 2 N–H and O–H groups in total. The number of fused-ring (bicyclic) bond motifs is 1. The molecule has 0 saturated carbocycles. The lowest BCUT2D eigenvalue weighted by Gasteiger charge is -2.20. The van der Waals surface area contributed by atoms with E-state index >= 15 is 0 Å². The zero-order valence-electron chi connectivity index (χ0n) is 11.8. The highest BCUT2D eigenvalue weighted by molar-refractivity contribution is 5.85. The summed E-state index contributed by atoms with van der Waals surface area (Å²) in [5.41, 5.74) is 1.37. The van der Waals surface area contributed by atoms with Crippen LogP contribution in [0.1, 0.15) is 19.4 Å². The first-order chi connectivity index (χ1) is 9.22. The second kappa shape index (κ2) is 6.69. The van der Waals surface area contributed by atoms with Gasteiger partial charge in [0.2, 0.25) is 0 Å². The molecule has 0 aliphatic carbocycles. The Morgan fingerprint density at radius 2 is 1.79 bits per heavy atom. The normalized spacial score (nSPS) is 13.1. The fourth-order valence-electron chi connectivity index (χ4n) is 2.41. The molecule has 2 heteroatoms. The van der Waals surface area contributed by atoms with Crippen LogP contribution in [-0.4, -0.2) is 24.3 Å². The van der Waals surface area contributed by atoms with Gasteiger partial charge in [0.25, 0.3) is 0 Å². The monoisotopic (exact) mass is 257 g/mol. The lowest BCUT2D eigenvalue weighted by molar-refractivity contribution is 0.212. The minimum Gasteiger partial charge on any atom is -0.395 e. The predicted octanol–water partition coefficient (Wildman–Crippen LogP) is 2.99. The molecule has 0 heterocycles. The molecule has 102 valence electrons. The highest BCUT2D eigenvalue weighted by Crippen LogP contribution is 2.18. The fraction of sp³-hybridized carbons (Fsp3) is 0.412. The molecule has 0 spiro atoms. The van der Waals surface area contributed by atoms with E-state index in [1.807, 2.05) is 0 Å². The van der Waals surface area contributed by atoms with Gasteiger partial charge in [-0.3, -0.25) is 0 Å². The Morgan fingerprint density at radius 3 is 2.53 bits per heavy atom. The molecule has 1 atom stereocenters. The summed E-state index contributed by atoms with van der Waals surface area (Å²) in [6.45, 7) is 5.36. The SMILES string of the molecule is CC(C)C(CO)NCCc1cccc2ccccc12. The first kappa shape index (κ1) is 14.0. The predicted molar refractivity (Wildman–Crippen MR) is 81.4 cm³/mol. The van der Waals surface area contributed by atoms with Gasteiger partial charge in [0.05, 0.1) is 6.61 Å². The van der Waals surface area contributed by atoms with Gasteiger partial charge < -0.3 is 10.4 Å². The molecule has 0 amide bonds. The molecular weight excluding hydrogens is 234 g/mol. The third-order valence-corrected chi connectivity index (χ3v) is 3.68. The van der Waals surface area contributed by atoms with Crippen LogP contribution >= 0.6 is 0 Å². The minimum absolute atomic E-state index is 0.190. The van der Waals surface area contributed by atoms with Gasteiger partial charge in [0.15, 0.2) is 0 Å². The van der Waals surface area contributed by atoms with Crippen LogP contribution in [0.5, 0.6) is 0 Å². The Balaban J connectivity index is 2.02. The number of aliphatic hydroxyl groups excluding tert-OH is 1. The molecule has 0 aliphatic rings.